The van der Waals surface area contributed by atoms with Gasteiger partial charge in [-0.2, -0.15) is 0 Å². The SMILES string of the molecule is COCCOCCOc1ccc(-c2[nH]c(=O)n([C@H](C(=O)Nc3nc(C(C)=O)cs3)[C@@H](C)c3ccccc3)c2O)cc1. The van der Waals surface area contributed by atoms with E-state index in [1.165, 1.54) is 6.92 Å². The first-order valence-corrected chi connectivity index (χ1v) is 13.8. The van der Waals surface area contributed by atoms with Gasteiger partial charge in [0.15, 0.2) is 10.9 Å². The summed E-state index contributed by atoms with van der Waals surface area (Å²) in [5.74, 6) is -1.11. The van der Waals surface area contributed by atoms with Crippen molar-refractivity contribution in [1.82, 2.24) is 14.5 Å². The van der Waals surface area contributed by atoms with Crippen LogP contribution in [0, 0.1) is 0 Å². The number of hydrogen-bond acceptors (Lipinski definition) is 9. The number of thiazole rings is 1. The molecule has 12 heteroatoms. The number of carbonyl (C=O) groups excluding carboxylic acids is 2. The zero-order chi connectivity index (χ0) is 29.4. The number of ketones is 1. The number of benzene rings is 2. The molecule has 2 aromatic heterocycles. The molecule has 4 aromatic rings. The molecule has 2 heterocycles. The number of amides is 1. The number of nitrogens with zero attached hydrogens (tertiary/aromatic N) is 2. The van der Waals surface area contributed by atoms with Crippen molar-refractivity contribution in [3.63, 3.8) is 0 Å². The van der Waals surface area contributed by atoms with Crippen LogP contribution in [0.5, 0.6) is 11.6 Å². The van der Waals surface area contributed by atoms with Gasteiger partial charge in [0, 0.05) is 30.9 Å². The molecule has 0 fully saturated rings. The summed E-state index contributed by atoms with van der Waals surface area (Å²) in [7, 11) is 1.61. The van der Waals surface area contributed by atoms with Crippen LogP contribution < -0.4 is 15.7 Å². The van der Waals surface area contributed by atoms with Crippen LogP contribution in [0.2, 0.25) is 0 Å². The van der Waals surface area contributed by atoms with Gasteiger partial charge in [-0.05, 0) is 29.8 Å². The summed E-state index contributed by atoms with van der Waals surface area (Å²) >= 11 is 1.10. The third-order valence-corrected chi connectivity index (χ3v) is 7.17. The molecule has 2 aromatic carbocycles. The molecule has 0 aliphatic heterocycles. The molecule has 0 unspecified atom stereocenters. The highest BCUT2D eigenvalue weighted by Crippen LogP contribution is 2.35. The number of hydrogen-bond donors (Lipinski definition) is 3. The molecule has 0 saturated heterocycles. The Morgan fingerprint density at radius 2 is 1.78 bits per heavy atom. The van der Waals surface area contributed by atoms with Crippen molar-refractivity contribution < 1.29 is 28.9 Å². The number of aromatic nitrogens is 3. The molecule has 11 nitrogen and oxygen atoms in total. The summed E-state index contributed by atoms with van der Waals surface area (Å²) in [5, 5.41) is 15.7. The molecule has 3 N–H and O–H groups in total. The molecular weight excluding hydrogens is 548 g/mol. The molecule has 2 atom stereocenters. The molecule has 0 spiro atoms. The molecule has 0 aliphatic rings. The Labute approximate surface area is 240 Å². The summed E-state index contributed by atoms with van der Waals surface area (Å²) in [4.78, 5) is 45.4. The second-order valence-electron chi connectivity index (χ2n) is 9.20. The van der Waals surface area contributed by atoms with Crippen LogP contribution >= 0.6 is 11.3 Å². The van der Waals surface area contributed by atoms with Gasteiger partial charge in [0.1, 0.15) is 29.8 Å². The normalized spacial score (nSPS) is 12.6. The Bertz CT molecular complexity index is 1510. The third-order valence-electron chi connectivity index (χ3n) is 6.41. The maximum absolute atomic E-state index is 13.6. The van der Waals surface area contributed by atoms with Gasteiger partial charge in [-0.25, -0.2) is 14.3 Å². The lowest BCUT2D eigenvalue weighted by atomic mass is 9.92. The smallest absolute Gasteiger partial charge is 0.329 e. The van der Waals surface area contributed by atoms with E-state index < -0.39 is 23.6 Å². The maximum Gasteiger partial charge on any atom is 0.329 e. The molecule has 0 saturated carbocycles. The van der Waals surface area contributed by atoms with Crippen molar-refractivity contribution in [2.45, 2.75) is 25.8 Å². The van der Waals surface area contributed by atoms with Crippen molar-refractivity contribution in [2.75, 3.05) is 38.9 Å². The number of aromatic amines is 1. The number of aromatic hydroxyl groups is 1. The lowest BCUT2D eigenvalue weighted by Crippen LogP contribution is -2.35. The van der Waals surface area contributed by atoms with Crippen LogP contribution in [-0.2, 0) is 14.3 Å². The molecule has 1 amide bonds. The largest absolute Gasteiger partial charge is 0.493 e. The average Bonchev–Trinajstić information content (AvgIpc) is 3.56. The van der Waals surface area contributed by atoms with Gasteiger partial charge in [-0.15, -0.1) is 11.3 Å². The number of carbonyl (C=O) groups is 2. The summed E-state index contributed by atoms with van der Waals surface area (Å²) in [5.41, 5.74) is 1.05. The van der Waals surface area contributed by atoms with Crippen LogP contribution in [0.3, 0.4) is 0 Å². The molecule has 4 rings (SSSR count). The lowest BCUT2D eigenvalue weighted by Gasteiger charge is -2.24. The van der Waals surface area contributed by atoms with E-state index in [1.807, 2.05) is 30.3 Å². The predicted molar refractivity (Wildman–Crippen MR) is 155 cm³/mol. The summed E-state index contributed by atoms with van der Waals surface area (Å²) in [6.07, 6.45) is 0. The molecule has 216 valence electrons. The van der Waals surface area contributed by atoms with Gasteiger partial charge in [-0.3, -0.25) is 9.59 Å². The number of Topliss-reactive ketones (excluding diaryl/α,β-unsaturated/α-hetero) is 1. The Morgan fingerprint density at radius 1 is 1.07 bits per heavy atom. The summed E-state index contributed by atoms with van der Waals surface area (Å²) in [6.45, 7) is 4.93. The Morgan fingerprint density at radius 3 is 2.44 bits per heavy atom. The number of rotatable bonds is 14. The second-order valence-corrected chi connectivity index (χ2v) is 10.1. The van der Waals surface area contributed by atoms with Crippen LogP contribution in [0.15, 0.2) is 64.8 Å². The first kappa shape index (κ1) is 29.7. The molecule has 41 heavy (non-hydrogen) atoms. The van der Waals surface area contributed by atoms with E-state index in [-0.39, 0.29) is 28.2 Å². The van der Waals surface area contributed by atoms with Crippen molar-refractivity contribution >= 4 is 28.2 Å². The number of H-pyrrole nitrogens is 1. The number of ether oxygens (including phenoxy) is 3. The van der Waals surface area contributed by atoms with E-state index in [0.717, 1.165) is 21.5 Å². The number of imidazole rings is 1. The minimum Gasteiger partial charge on any atom is -0.493 e. The van der Waals surface area contributed by atoms with E-state index >= 15 is 0 Å². The fourth-order valence-electron chi connectivity index (χ4n) is 4.26. The predicted octanol–water partition coefficient (Wildman–Crippen LogP) is 4.23. The highest BCUT2D eigenvalue weighted by Gasteiger charge is 2.33. The van der Waals surface area contributed by atoms with Crippen molar-refractivity contribution in [1.29, 1.82) is 0 Å². The fourth-order valence-corrected chi connectivity index (χ4v) is 5.01. The van der Waals surface area contributed by atoms with Crippen molar-refractivity contribution in [3.05, 3.63) is 81.7 Å². The van der Waals surface area contributed by atoms with Gasteiger partial charge < -0.3 is 29.6 Å². The minimum absolute atomic E-state index is 0.163. The topological polar surface area (TPSA) is 145 Å². The van der Waals surface area contributed by atoms with Crippen LogP contribution in [-0.4, -0.2) is 64.9 Å². The molecule has 0 radical (unpaired) electrons. The second kappa shape index (κ2) is 13.9. The number of methoxy groups -OCH3 is 1. The molecule has 0 bridgehead atoms. The average molecular weight is 581 g/mol. The van der Waals surface area contributed by atoms with E-state index in [4.69, 9.17) is 14.2 Å². The van der Waals surface area contributed by atoms with Gasteiger partial charge in [0.05, 0.1) is 19.8 Å². The third kappa shape index (κ3) is 7.28. The van der Waals surface area contributed by atoms with Gasteiger partial charge in [-0.1, -0.05) is 37.3 Å². The standard InChI is InChI=1S/C29H32N4O7S/c1-18(20-7-5-4-6-8-20)25(26(35)32-28-30-23(17-41-28)19(2)34)33-27(36)24(31-29(33)37)21-9-11-22(12-10-21)40-16-15-39-14-13-38-3/h4-12,17-18,25,36H,13-16H2,1-3H3,(H,31,37)(H,30,32,35)/t18-,25-/m0/s1. The van der Waals surface area contributed by atoms with Crippen molar-refractivity contribution in [3.8, 4) is 22.9 Å². The van der Waals surface area contributed by atoms with Gasteiger partial charge >= 0.3 is 5.69 Å². The summed E-state index contributed by atoms with van der Waals surface area (Å²) in [6, 6.07) is 14.9. The minimum atomic E-state index is -1.14. The Hall–Kier alpha value is -4.26. The van der Waals surface area contributed by atoms with E-state index in [9.17, 15) is 19.5 Å². The molecular formula is C29H32N4O7S. The Balaban J connectivity index is 1.59. The zero-order valence-electron chi connectivity index (χ0n) is 23.0. The Kier molecular flexibility index (Phi) is 10.1. The first-order valence-electron chi connectivity index (χ1n) is 13.0. The van der Waals surface area contributed by atoms with E-state index in [1.54, 1.807) is 43.7 Å². The summed E-state index contributed by atoms with van der Waals surface area (Å²) < 4.78 is 17.0. The fraction of sp³-hybridized carbons (Fsp3) is 0.310. The van der Waals surface area contributed by atoms with Crippen LogP contribution in [0.1, 0.15) is 41.9 Å². The quantitative estimate of drug-likeness (QED) is 0.148. The van der Waals surface area contributed by atoms with Gasteiger partial charge in [0.25, 0.3) is 0 Å². The van der Waals surface area contributed by atoms with E-state index in [0.29, 0.717) is 37.7 Å². The highest BCUT2D eigenvalue weighted by atomic mass is 32.1. The van der Waals surface area contributed by atoms with Gasteiger partial charge in [0.2, 0.25) is 11.8 Å². The van der Waals surface area contributed by atoms with E-state index in [2.05, 4.69) is 15.3 Å². The first-order chi connectivity index (χ1) is 19.8. The molecule has 0 aliphatic carbocycles. The number of anilines is 1. The lowest BCUT2D eigenvalue weighted by molar-refractivity contribution is -0.120. The van der Waals surface area contributed by atoms with Crippen LogP contribution in [0.25, 0.3) is 11.3 Å². The zero-order valence-corrected chi connectivity index (χ0v) is 23.8. The van der Waals surface area contributed by atoms with Crippen molar-refractivity contribution in [2.24, 2.45) is 0 Å². The maximum atomic E-state index is 13.6. The monoisotopic (exact) mass is 580 g/mol. The highest BCUT2D eigenvalue weighted by molar-refractivity contribution is 7.14. The number of nitrogens with one attached hydrogen (secondary N) is 2. The van der Waals surface area contributed by atoms with Crippen LogP contribution in [0.4, 0.5) is 5.13 Å².